The monoisotopic (exact) mass is 230 g/mol. The van der Waals surface area contributed by atoms with E-state index in [-0.39, 0.29) is 0 Å². The zero-order valence-corrected chi connectivity index (χ0v) is 9.53. The molecule has 3 aromatic rings. The molecule has 0 aliphatic carbocycles. The van der Waals surface area contributed by atoms with Gasteiger partial charge in [0.25, 0.3) is 0 Å². The lowest BCUT2D eigenvalue weighted by Gasteiger charge is -1.97. The molecule has 0 aliphatic heterocycles. The number of thiophene rings is 1. The number of nitrogens with zero attached hydrogens (tertiary/aromatic N) is 3. The van der Waals surface area contributed by atoms with Gasteiger partial charge in [-0.1, -0.05) is 0 Å². The quantitative estimate of drug-likeness (QED) is 0.698. The predicted octanol–water partition coefficient (Wildman–Crippen LogP) is 2.35. The van der Waals surface area contributed by atoms with Crippen molar-refractivity contribution in [3.63, 3.8) is 0 Å². The third-order valence-corrected chi connectivity index (χ3v) is 3.42. The molecular weight excluding hydrogens is 220 g/mol. The maximum absolute atomic E-state index is 5.83. The number of hydrogen-bond donors (Lipinski definition) is 1. The van der Waals surface area contributed by atoms with Crippen molar-refractivity contribution < 1.29 is 0 Å². The summed E-state index contributed by atoms with van der Waals surface area (Å²) in [6.07, 6.45) is 1.93. The Bertz CT molecular complexity index is 653. The largest absolute Gasteiger partial charge is 0.396 e. The Morgan fingerprint density at radius 3 is 2.88 bits per heavy atom. The molecule has 4 nitrogen and oxygen atoms in total. The highest BCUT2D eigenvalue weighted by molar-refractivity contribution is 7.15. The van der Waals surface area contributed by atoms with E-state index in [1.54, 1.807) is 11.3 Å². The summed E-state index contributed by atoms with van der Waals surface area (Å²) in [4.78, 5) is 2.37. The van der Waals surface area contributed by atoms with Gasteiger partial charge in [-0.2, -0.15) is 0 Å². The number of rotatable bonds is 1. The first kappa shape index (κ1) is 9.35. The fourth-order valence-corrected chi connectivity index (χ4v) is 2.51. The van der Waals surface area contributed by atoms with Crippen LogP contribution in [0.2, 0.25) is 0 Å². The van der Waals surface area contributed by atoms with Gasteiger partial charge in [0, 0.05) is 11.1 Å². The molecule has 0 spiro atoms. The number of nitrogen functional groups attached to an aromatic ring is 1. The smallest absolute Gasteiger partial charge is 0.184 e. The summed E-state index contributed by atoms with van der Waals surface area (Å²) in [7, 11) is 0. The van der Waals surface area contributed by atoms with Crippen molar-refractivity contribution in [1.82, 2.24) is 14.6 Å². The average molecular weight is 230 g/mol. The Hall–Kier alpha value is -1.88. The summed E-state index contributed by atoms with van der Waals surface area (Å²) < 4.78 is 1.92. The molecule has 80 valence electrons. The van der Waals surface area contributed by atoms with Crippen molar-refractivity contribution in [3.8, 4) is 10.7 Å². The van der Waals surface area contributed by atoms with Gasteiger partial charge >= 0.3 is 0 Å². The summed E-state index contributed by atoms with van der Waals surface area (Å²) in [5.74, 6) is 0.848. The van der Waals surface area contributed by atoms with Crippen LogP contribution in [0.15, 0.2) is 30.5 Å². The molecule has 0 fully saturated rings. The number of aromatic nitrogens is 3. The van der Waals surface area contributed by atoms with Gasteiger partial charge in [-0.05, 0) is 31.2 Å². The van der Waals surface area contributed by atoms with Crippen LogP contribution in [0.25, 0.3) is 16.3 Å². The van der Waals surface area contributed by atoms with Gasteiger partial charge in [0.05, 0.1) is 10.6 Å². The second-order valence-electron chi connectivity index (χ2n) is 3.59. The lowest BCUT2D eigenvalue weighted by atomic mass is 10.4. The minimum Gasteiger partial charge on any atom is -0.396 e. The molecule has 0 aliphatic rings. The Morgan fingerprint density at radius 1 is 1.25 bits per heavy atom. The summed E-state index contributed by atoms with van der Waals surface area (Å²) in [6, 6.07) is 7.86. The van der Waals surface area contributed by atoms with Gasteiger partial charge in [0.1, 0.15) is 0 Å². The lowest BCUT2D eigenvalue weighted by molar-refractivity contribution is 1.12. The number of hydrogen-bond acceptors (Lipinski definition) is 4. The highest BCUT2D eigenvalue weighted by atomic mass is 32.1. The minimum absolute atomic E-state index is 0.648. The van der Waals surface area contributed by atoms with E-state index in [4.69, 9.17) is 5.73 Å². The van der Waals surface area contributed by atoms with Crippen molar-refractivity contribution in [2.45, 2.75) is 6.92 Å². The lowest BCUT2D eigenvalue weighted by Crippen LogP contribution is -1.92. The fourth-order valence-electron chi connectivity index (χ4n) is 1.66. The van der Waals surface area contributed by atoms with E-state index in [2.05, 4.69) is 29.3 Å². The van der Waals surface area contributed by atoms with E-state index in [1.807, 2.05) is 22.7 Å². The van der Waals surface area contributed by atoms with Gasteiger partial charge in [0.15, 0.2) is 11.5 Å². The van der Waals surface area contributed by atoms with Gasteiger partial charge in [-0.15, -0.1) is 21.5 Å². The molecule has 0 amide bonds. The molecule has 3 aromatic heterocycles. The van der Waals surface area contributed by atoms with Crippen LogP contribution < -0.4 is 5.73 Å². The molecule has 0 radical (unpaired) electrons. The first-order chi connectivity index (χ1) is 7.75. The van der Waals surface area contributed by atoms with E-state index in [9.17, 15) is 0 Å². The average Bonchev–Trinajstić information content (AvgIpc) is 2.84. The third kappa shape index (κ3) is 1.29. The molecule has 0 saturated heterocycles. The third-order valence-electron chi connectivity index (χ3n) is 2.43. The topological polar surface area (TPSA) is 56.2 Å². The Morgan fingerprint density at radius 2 is 2.12 bits per heavy atom. The van der Waals surface area contributed by atoms with Crippen molar-refractivity contribution in [3.05, 3.63) is 35.3 Å². The molecule has 0 bridgehead atoms. The van der Waals surface area contributed by atoms with E-state index >= 15 is 0 Å². The standard InChI is InChI=1S/C11H10N4S/c1-7-4-5-9(16-7)11-14-13-10-8(12)3-2-6-15(10)11/h2-6H,12H2,1H3. The second kappa shape index (κ2) is 3.31. The number of nitrogens with two attached hydrogens (primary N) is 1. The minimum atomic E-state index is 0.648. The van der Waals surface area contributed by atoms with Crippen LogP contribution in [0.5, 0.6) is 0 Å². The molecule has 0 aromatic carbocycles. The summed E-state index contributed by atoms with van der Waals surface area (Å²) in [6.45, 7) is 2.08. The predicted molar refractivity (Wildman–Crippen MR) is 65.4 cm³/mol. The van der Waals surface area contributed by atoms with Crippen LogP contribution in [0.3, 0.4) is 0 Å². The molecule has 3 rings (SSSR count). The van der Waals surface area contributed by atoms with Crippen molar-refractivity contribution in [2.24, 2.45) is 0 Å². The summed E-state index contributed by atoms with van der Waals surface area (Å²) in [5, 5.41) is 8.28. The summed E-state index contributed by atoms with van der Waals surface area (Å²) >= 11 is 1.70. The van der Waals surface area contributed by atoms with E-state index in [1.165, 1.54) is 4.88 Å². The Labute approximate surface area is 96.4 Å². The molecule has 0 saturated carbocycles. The Kier molecular flexibility index (Phi) is 1.94. The number of pyridine rings is 1. The van der Waals surface area contributed by atoms with E-state index in [0.29, 0.717) is 11.3 Å². The summed E-state index contributed by atoms with van der Waals surface area (Å²) in [5.41, 5.74) is 7.19. The highest BCUT2D eigenvalue weighted by Crippen LogP contribution is 2.27. The molecule has 2 N–H and O–H groups in total. The highest BCUT2D eigenvalue weighted by Gasteiger charge is 2.10. The van der Waals surface area contributed by atoms with Crippen LogP contribution in [0.4, 0.5) is 5.69 Å². The van der Waals surface area contributed by atoms with Crippen molar-refractivity contribution >= 4 is 22.7 Å². The molecule has 16 heavy (non-hydrogen) atoms. The number of fused-ring (bicyclic) bond motifs is 1. The molecule has 5 heteroatoms. The second-order valence-corrected chi connectivity index (χ2v) is 4.88. The van der Waals surface area contributed by atoms with Gasteiger partial charge in [0.2, 0.25) is 0 Å². The van der Waals surface area contributed by atoms with Crippen molar-refractivity contribution in [1.29, 1.82) is 0 Å². The van der Waals surface area contributed by atoms with E-state index in [0.717, 1.165) is 10.7 Å². The van der Waals surface area contributed by atoms with Gasteiger partial charge in [-0.25, -0.2) is 0 Å². The SMILES string of the molecule is Cc1ccc(-c2nnc3c(N)cccn23)s1. The number of aryl methyl sites for hydroxylation is 1. The van der Waals surface area contributed by atoms with Crippen LogP contribution in [-0.2, 0) is 0 Å². The molecular formula is C11H10N4S. The first-order valence-corrected chi connectivity index (χ1v) is 5.73. The maximum atomic E-state index is 5.83. The van der Waals surface area contributed by atoms with Crippen LogP contribution in [-0.4, -0.2) is 14.6 Å². The Balaban J connectivity index is 2.29. The van der Waals surface area contributed by atoms with Gasteiger partial charge < -0.3 is 5.73 Å². The molecule has 0 unspecified atom stereocenters. The van der Waals surface area contributed by atoms with Gasteiger partial charge in [-0.3, -0.25) is 4.40 Å². The van der Waals surface area contributed by atoms with Crippen LogP contribution in [0, 0.1) is 6.92 Å². The van der Waals surface area contributed by atoms with E-state index < -0.39 is 0 Å². The fraction of sp³-hybridized carbons (Fsp3) is 0.0909. The van der Waals surface area contributed by atoms with Crippen molar-refractivity contribution in [2.75, 3.05) is 5.73 Å². The zero-order valence-electron chi connectivity index (χ0n) is 8.71. The van der Waals surface area contributed by atoms with Crippen LogP contribution in [0.1, 0.15) is 4.88 Å². The maximum Gasteiger partial charge on any atom is 0.184 e. The zero-order chi connectivity index (χ0) is 11.1. The number of anilines is 1. The molecule has 0 atom stereocenters. The van der Waals surface area contributed by atoms with Crippen LogP contribution >= 0.6 is 11.3 Å². The normalized spacial score (nSPS) is 11.1. The molecule has 3 heterocycles. The first-order valence-electron chi connectivity index (χ1n) is 4.92.